The van der Waals surface area contributed by atoms with Crippen LogP contribution in [-0.2, 0) is 10.9 Å². The van der Waals surface area contributed by atoms with E-state index < -0.39 is 11.9 Å². The van der Waals surface area contributed by atoms with Crippen molar-refractivity contribution < 1.29 is 17.9 Å². The molecule has 0 aromatic carbocycles. The van der Waals surface area contributed by atoms with Crippen LogP contribution >= 0.6 is 0 Å². The van der Waals surface area contributed by atoms with Crippen molar-refractivity contribution in [3.8, 4) is 0 Å². The summed E-state index contributed by atoms with van der Waals surface area (Å²) in [5, 5.41) is 2.91. The number of hydrazine groups is 1. The Morgan fingerprint density at radius 1 is 1.42 bits per heavy atom. The van der Waals surface area contributed by atoms with Gasteiger partial charge in [-0.1, -0.05) is 0 Å². The Bertz CT molecular complexity index is 453. The molecule has 0 amide bonds. The van der Waals surface area contributed by atoms with Crippen LogP contribution in [0.4, 0.5) is 24.9 Å². The quantitative estimate of drug-likeness (QED) is 0.571. The summed E-state index contributed by atoms with van der Waals surface area (Å²) < 4.78 is 43.3. The lowest BCUT2D eigenvalue weighted by molar-refractivity contribution is -0.141. The van der Waals surface area contributed by atoms with Gasteiger partial charge in [0.1, 0.15) is 5.82 Å². The van der Waals surface area contributed by atoms with Crippen LogP contribution in [0, 0.1) is 0 Å². The molecule has 1 aromatic heterocycles. The Hall–Kier alpha value is -1.61. The van der Waals surface area contributed by atoms with E-state index in [2.05, 4.69) is 15.3 Å². The van der Waals surface area contributed by atoms with Gasteiger partial charge in [0.05, 0.1) is 12.1 Å². The summed E-state index contributed by atoms with van der Waals surface area (Å²) in [5.74, 6) is 4.85. The summed E-state index contributed by atoms with van der Waals surface area (Å²) in [6.45, 7) is 2.41. The van der Waals surface area contributed by atoms with Crippen LogP contribution in [0.2, 0.25) is 0 Å². The van der Waals surface area contributed by atoms with Crippen molar-refractivity contribution in [2.24, 2.45) is 5.84 Å². The lowest BCUT2D eigenvalue weighted by atomic mass is 10.1. The minimum Gasteiger partial charge on any atom is -0.376 e. The number of rotatable bonds is 3. The first kappa shape index (κ1) is 13.8. The van der Waals surface area contributed by atoms with Gasteiger partial charge in [-0.15, -0.1) is 0 Å². The summed E-state index contributed by atoms with van der Waals surface area (Å²) in [6, 6.07) is 0.771. The zero-order valence-corrected chi connectivity index (χ0v) is 10.2. The standard InChI is InChI=1S/C10H14F3N5O/c1-5-6(2-3-19-5)15-8-4-7(10(11,12)13)16-9(17-8)18-14/h4-6H,2-3,14H2,1H3,(H2,15,16,17,18). The van der Waals surface area contributed by atoms with Gasteiger partial charge in [-0.25, -0.2) is 10.8 Å². The van der Waals surface area contributed by atoms with Crippen molar-refractivity contribution in [2.75, 3.05) is 17.3 Å². The zero-order chi connectivity index (χ0) is 14.0. The van der Waals surface area contributed by atoms with Crippen molar-refractivity contribution in [1.29, 1.82) is 0 Å². The molecular weight excluding hydrogens is 263 g/mol. The van der Waals surface area contributed by atoms with Gasteiger partial charge in [-0.05, 0) is 13.3 Å². The average Bonchev–Trinajstić information content (AvgIpc) is 2.73. The highest BCUT2D eigenvalue weighted by atomic mass is 19.4. The maximum atomic E-state index is 12.7. The highest BCUT2D eigenvalue weighted by Crippen LogP contribution is 2.30. The topological polar surface area (TPSA) is 85.1 Å². The summed E-state index contributed by atoms with van der Waals surface area (Å²) in [4.78, 5) is 7.12. The Balaban J connectivity index is 2.24. The minimum atomic E-state index is -4.55. The van der Waals surface area contributed by atoms with E-state index in [9.17, 15) is 13.2 Å². The molecule has 1 aliphatic heterocycles. The van der Waals surface area contributed by atoms with Crippen LogP contribution in [0.15, 0.2) is 6.07 Å². The molecule has 1 fully saturated rings. The molecule has 0 bridgehead atoms. The molecule has 9 heteroatoms. The van der Waals surface area contributed by atoms with Gasteiger partial charge in [0, 0.05) is 12.7 Å². The number of nitrogens with two attached hydrogens (primary N) is 1. The van der Waals surface area contributed by atoms with Crippen LogP contribution in [0.3, 0.4) is 0 Å². The number of hydrogen-bond donors (Lipinski definition) is 3. The average molecular weight is 277 g/mol. The highest BCUT2D eigenvalue weighted by Gasteiger charge is 2.34. The fraction of sp³-hybridized carbons (Fsp3) is 0.600. The van der Waals surface area contributed by atoms with E-state index in [0.717, 1.165) is 6.07 Å². The molecule has 1 saturated heterocycles. The number of halogens is 3. The maximum Gasteiger partial charge on any atom is 0.433 e. The summed E-state index contributed by atoms with van der Waals surface area (Å²) >= 11 is 0. The van der Waals surface area contributed by atoms with Gasteiger partial charge in [-0.3, -0.25) is 5.43 Å². The van der Waals surface area contributed by atoms with Gasteiger partial charge < -0.3 is 10.1 Å². The Labute approximate surface area is 107 Å². The van der Waals surface area contributed by atoms with E-state index in [1.165, 1.54) is 0 Å². The fourth-order valence-electron chi connectivity index (χ4n) is 1.84. The van der Waals surface area contributed by atoms with E-state index >= 15 is 0 Å². The number of nitrogen functional groups attached to an aromatic ring is 1. The third kappa shape index (κ3) is 3.24. The van der Waals surface area contributed by atoms with E-state index in [1.54, 1.807) is 0 Å². The van der Waals surface area contributed by atoms with Crippen molar-refractivity contribution in [3.63, 3.8) is 0 Å². The second-order valence-electron chi connectivity index (χ2n) is 4.22. The number of hydrogen-bond acceptors (Lipinski definition) is 6. The first-order valence-electron chi connectivity index (χ1n) is 5.71. The van der Waals surface area contributed by atoms with Crippen LogP contribution in [0.1, 0.15) is 19.0 Å². The number of aromatic nitrogens is 2. The highest BCUT2D eigenvalue weighted by molar-refractivity contribution is 5.43. The molecule has 0 saturated carbocycles. The molecule has 4 N–H and O–H groups in total. The van der Waals surface area contributed by atoms with Crippen molar-refractivity contribution in [3.05, 3.63) is 11.8 Å². The zero-order valence-electron chi connectivity index (χ0n) is 10.2. The maximum absolute atomic E-state index is 12.7. The van der Waals surface area contributed by atoms with Crippen LogP contribution in [0.5, 0.6) is 0 Å². The largest absolute Gasteiger partial charge is 0.433 e. The van der Waals surface area contributed by atoms with Gasteiger partial charge >= 0.3 is 6.18 Å². The number of anilines is 2. The summed E-state index contributed by atoms with van der Waals surface area (Å²) in [7, 11) is 0. The SMILES string of the molecule is CC1OCCC1Nc1cc(C(F)(F)F)nc(NN)n1. The molecular formula is C10H14F3N5O. The molecule has 0 radical (unpaired) electrons. The first-order chi connectivity index (χ1) is 8.90. The molecule has 2 rings (SSSR count). The van der Waals surface area contributed by atoms with Gasteiger partial charge in [0.15, 0.2) is 5.69 Å². The third-order valence-electron chi connectivity index (χ3n) is 2.86. The molecule has 0 aliphatic carbocycles. The van der Waals surface area contributed by atoms with Gasteiger partial charge in [-0.2, -0.15) is 18.2 Å². The lowest BCUT2D eigenvalue weighted by Crippen LogP contribution is -2.28. The molecule has 2 heterocycles. The predicted octanol–water partition coefficient (Wildman–Crippen LogP) is 1.37. The molecule has 1 aliphatic rings. The van der Waals surface area contributed by atoms with Crippen LogP contribution in [-0.4, -0.2) is 28.7 Å². The van der Waals surface area contributed by atoms with Crippen LogP contribution < -0.4 is 16.6 Å². The molecule has 6 nitrogen and oxygen atoms in total. The van der Waals surface area contributed by atoms with E-state index in [1.807, 2.05) is 12.3 Å². The fourth-order valence-corrected chi connectivity index (χ4v) is 1.84. The molecule has 1 aromatic rings. The summed E-state index contributed by atoms with van der Waals surface area (Å²) in [6.07, 6.45) is -3.93. The Morgan fingerprint density at radius 3 is 2.68 bits per heavy atom. The van der Waals surface area contributed by atoms with Crippen LogP contribution in [0.25, 0.3) is 0 Å². The monoisotopic (exact) mass is 277 g/mol. The van der Waals surface area contributed by atoms with E-state index in [0.29, 0.717) is 13.0 Å². The second kappa shape index (κ2) is 5.17. The Morgan fingerprint density at radius 2 is 2.16 bits per heavy atom. The van der Waals surface area contributed by atoms with E-state index in [-0.39, 0.29) is 23.9 Å². The number of alkyl halides is 3. The normalized spacial score (nSPS) is 23.4. The van der Waals surface area contributed by atoms with Crippen molar-refractivity contribution in [2.45, 2.75) is 31.7 Å². The van der Waals surface area contributed by atoms with E-state index in [4.69, 9.17) is 10.6 Å². The molecule has 0 spiro atoms. The smallest absolute Gasteiger partial charge is 0.376 e. The first-order valence-corrected chi connectivity index (χ1v) is 5.71. The number of ether oxygens (including phenoxy) is 1. The van der Waals surface area contributed by atoms with Gasteiger partial charge in [0.2, 0.25) is 5.95 Å². The van der Waals surface area contributed by atoms with Crippen molar-refractivity contribution in [1.82, 2.24) is 9.97 Å². The van der Waals surface area contributed by atoms with Gasteiger partial charge in [0.25, 0.3) is 0 Å². The van der Waals surface area contributed by atoms with Crippen molar-refractivity contribution >= 4 is 11.8 Å². The minimum absolute atomic E-state index is 0.0672. The summed E-state index contributed by atoms with van der Waals surface area (Å²) in [5.41, 5.74) is 0.971. The molecule has 2 unspecified atom stereocenters. The molecule has 19 heavy (non-hydrogen) atoms. The molecule has 106 valence electrons. The number of nitrogens with zero attached hydrogens (tertiary/aromatic N) is 2. The predicted molar refractivity (Wildman–Crippen MR) is 62.3 cm³/mol. The number of nitrogens with one attached hydrogen (secondary N) is 2. The lowest BCUT2D eigenvalue weighted by Gasteiger charge is -2.18. The second-order valence-corrected chi connectivity index (χ2v) is 4.22. The Kier molecular flexibility index (Phi) is 3.76. The molecule has 2 atom stereocenters. The third-order valence-corrected chi connectivity index (χ3v) is 2.86.